The van der Waals surface area contributed by atoms with Gasteiger partial charge in [0, 0.05) is 23.3 Å². The van der Waals surface area contributed by atoms with Crippen molar-refractivity contribution in [1.29, 1.82) is 0 Å². The maximum Gasteiger partial charge on any atom is 0.170 e. The quantitative estimate of drug-likeness (QED) is 0.851. The monoisotopic (exact) mass is 375 g/mol. The predicted molar refractivity (Wildman–Crippen MR) is 96.9 cm³/mol. The van der Waals surface area contributed by atoms with E-state index in [4.69, 9.17) is 4.84 Å². The lowest BCUT2D eigenvalue weighted by Crippen LogP contribution is -2.44. The molecule has 2 rings (SSSR count). The van der Waals surface area contributed by atoms with Crippen LogP contribution in [0.3, 0.4) is 0 Å². The molecule has 136 valence electrons. The third kappa shape index (κ3) is 4.10. The molecule has 0 radical (unpaired) electrons. The molecular weight excluding hydrogens is 350 g/mol. The molecule has 8 heteroatoms. The van der Waals surface area contributed by atoms with Crippen molar-refractivity contribution in [2.75, 3.05) is 11.5 Å². The molecule has 6 nitrogen and oxygen atoms in total. The van der Waals surface area contributed by atoms with Gasteiger partial charge in [0.15, 0.2) is 29.5 Å². The Morgan fingerprint density at radius 1 is 1.00 bits per heavy atom. The molecule has 24 heavy (non-hydrogen) atoms. The SMILES string of the molecule is C1=Cc2ccccc2ON1.CCC(C)(S(=O)(=O)CC)S(=O)(=O)CC. The van der Waals surface area contributed by atoms with Crippen molar-refractivity contribution in [1.82, 2.24) is 5.48 Å². The van der Waals surface area contributed by atoms with Gasteiger partial charge in [-0.3, -0.25) is 0 Å². The van der Waals surface area contributed by atoms with Gasteiger partial charge in [-0.15, -0.1) is 0 Å². The van der Waals surface area contributed by atoms with Crippen LogP contribution in [0.1, 0.15) is 39.7 Å². The van der Waals surface area contributed by atoms with Crippen LogP contribution in [0.2, 0.25) is 0 Å². The summed E-state index contributed by atoms with van der Waals surface area (Å²) in [5.74, 6) is 0.595. The number of hydroxylamine groups is 1. The van der Waals surface area contributed by atoms with E-state index in [-0.39, 0.29) is 17.9 Å². The number of para-hydroxylation sites is 1. The Morgan fingerprint density at radius 3 is 2.00 bits per heavy atom. The molecule has 1 aromatic rings. The van der Waals surface area contributed by atoms with Crippen LogP contribution in [0, 0.1) is 0 Å². The van der Waals surface area contributed by atoms with Crippen molar-refractivity contribution >= 4 is 25.8 Å². The van der Waals surface area contributed by atoms with Crippen LogP contribution in [-0.2, 0) is 19.7 Å². The number of benzene rings is 1. The molecule has 0 aromatic heterocycles. The molecular formula is C16H25NO5S2. The normalized spacial score (nSPS) is 13.8. The minimum absolute atomic E-state index is 0.0966. The van der Waals surface area contributed by atoms with Crippen molar-refractivity contribution in [2.24, 2.45) is 0 Å². The van der Waals surface area contributed by atoms with Gasteiger partial charge in [-0.1, -0.05) is 39.0 Å². The second-order valence-electron chi connectivity index (χ2n) is 5.39. The first-order valence-electron chi connectivity index (χ1n) is 7.77. The van der Waals surface area contributed by atoms with Gasteiger partial charge in [-0.2, -0.15) is 0 Å². The van der Waals surface area contributed by atoms with Crippen molar-refractivity contribution in [3.8, 4) is 5.75 Å². The van der Waals surface area contributed by atoms with E-state index in [1.54, 1.807) is 13.1 Å². The molecule has 0 aliphatic carbocycles. The summed E-state index contributed by atoms with van der Waals surface area (Å²) in [4.78, 5) is 5.09. The Balaban J connectivity index is 0.000000250. The highest BCUT2D eigenvalue weighted by atomic mass is 32.3. The smallest absolute Gasteiger partial charge is 0.170 e. The highest BCUT2D eigenvalue weighted by molar-refractivity contribution is 8.10. The number of fused-ring (bicyclic) bond motifs is 1. The molecule has 1 aliphatic heterocycles. The van der Waals surface area contributed by atoms with E-state index in [1.807, 2.05) is 30.3 Å². The summed E-state index contributed by atoms with van der Waals surface area (Å²) < 4.78 is 45.1. The summed E-state index contributed by atoms with van der Waals surface area (Å²) >= 11 is 0. The van der Waals surface area contributed by atoms with Crippen LogP contribution in [0.4, 0.5) is 0 Å². The lowest BCUT2D eigenvalue weighted by atomic mass is 10.2. The Morgan fingerprint density at radius 2 is 1.54 bits per heavy atom. The average molecular weight is 376 g/mol. The molecule has 0 unspecified atom stereocenters. The van der Waals surface area contributed by atoms with Gasteiger partial charge in [0.05, 0.1) is 0 Å². The van der Waals surface area contributed by atoms with Crippen molar-refractivity contribution in [3.63, 3.8) is 0 Å². The van der Waals surface area contributed by atoms with E-state index < -0.39 is 23.8 Å². The second kappa shape index (κ2) is 8.02. The Labute approximate surface area is 144 Å². The standard InChI is InChI=1S/C8H7NO.C8H18O4S2/c1-2-4-8-7(3-1)5-6-9-10-8;1-5-8(4,13(9,10)6-2)14(11,12)7-3/h1-6,9H;5-7H2,1-4H3. The van der Waals surface area contributed by atoms with Crippen molar-refractivity contribution in [3.05, 3.63) is 36.0 Å². The fourth-order valence-corrected chi connectivity index (χ4v) is 6.53. The van der Waals surface area contributed by atoms with E-state index in [2.05, 4.69) is 5.48 Å². The molecule has 1 aliphatic rings. The Bertz CT molecular complexity index is 748. The first-order valence-corrected chi connectivity index (χ1v) is 11.1. The summed E-state index contributed by atoms with van der Waals surface area (Å²) in [5.41, 5.74) is 3.77. The minimum atomic E-state index is -3.57. The lowest BCUT2D eigenvalue weighted by molar-refractivity contribution is 0.239. The number of rotatable bonds is 5. The predicted octanol–water partition coefficient (Wildman–Crippen LogP) is 2.54. The molecule has 1 aromatic carbocycles. The highest BCUT2D eigenvalue weighted by Gasteiger charge is 2.47. The van der Waals surface area contributed by atoms with Crippen LogP contribution in [-0.4, -0.2) is 32.4 Å². The zero-order valence-electron chi connectivity index (χ0n) is 14.4. The van der Waals surface area contributed by atoms with Crippen LogP contribution < -0.4 is 10.3 Å². The minimum Gasteiger partial charge on any atom is -0.382 e. The zero-order chi connectivity index (χ0) is 18.4. The van der Waals surface area contributed by atoms with Gasteiger partial charge in [0.2, 0.25) is 0 Å². The van der Waals surface area contributed by atoms with Gasteiger partial charge < -0.3 is 4.84 Å². The van der Waals surface area contributed by atoms with Gasteiger partial charge in [-0.05, 0) is 25.5 Å². The Kier molecular flexibility index (Phi) is 6.86. The number of sulfone groups is 2. The molecule has 0 saturated carbocycles. The fraction of sp³-hybridized carbons (Fsp3) is 0.500. The fourth-order valence-electron chi connectivity index (χ4n) is 2.18. The van der Waals surface area contributed by atoms with Crippen molar-refractivity contribution in [2.45, 2.75) is 38.2 Å². The van der Waals surface area contributed by atoms with E-state index in [9.17, 15) is 16.8 Å². The summed E-state index contributed by atoms with van der Waals surface area (Å²) in [6.07, 6.45) is 3.83. The Hall–Kier alpha value is -1.54. The third-order valence-corrected chi connectivity index (χ3v) is 10.4. The van der Waals surface area contributed by atoms with E-state index >= 15 is 0 Å². The van der Waals surface area contributed by atoms with Crippen LogP contribution in [0.5, 0.6) is 5.75 Å². The molecule has 0 bridgehead atoms. The molecule has 0 saturated heterocycles. The van der Waals surface area contributed by atoms with E-state index in [1.165, 1.54) is 20.8 Å². The van der Waals surface area contributed by atoms with Gasteiger partial charge >= 0.3 is 0 Å². The summed E-state index contributed by atoms with van der Waals surface area (Å²) in [5, 5.41) is 0. The largest absolute Gasteiger partial charge is 0.382 e. The van der Waals surface area contributed by atoms with Crippen molar-refractivity contribution < 1.29 is 21.7 Å². The molecule has 0 amide bonds. The average Bonchev–Trinajstić information content (AvgIpc) is 2.61. The lowest BCUT2D eigenvalue weighted by Gasteiger charge is -2.26. The zero-order valence-corrected chi connectivity index (χ0v) is 16.1. The van der Waals surface area contributed by atoms with Gasteiger partial charge in [0.1, 0.15) is 0 Å². The van der Waals surface area contributed by atoms with Gasteiger partial charge in [-0.25, -0.2) is 22.3 Å². The summed E-state index contributed by atoms with van der Waals surface area (Å²) in [6.45, 7) is 5.81. The summed E-state index contributed by atoms with van der Waals surface area (Å²) in [6, 6.07) is 7.86. The maximum absolute atomic E-state index is 11.7. The molecule has 1 N–H and O–H groups in total. The van der Waals surface area contributed by atoms with Gasteiger partial charge in [0.25, 0.3) is 0 Å². The molecule has 0 atom stereocenters. The second-order valence-corrected chi connectivity index (χ2v) is 11.1. The maximum atomic E-state index is 11.7. The first kappa shape index (κ1) is 20.5. The topological polar surface area (TPSA) is 89.5 Å². The first-order chi connectivity index (χ1) is 11.1. The number of hydrogen-bond acceptors (Lipinski definition) is 6. The highest BCUT2D eigenvalue weighted by Crippen LogP contribution is 2.29. The molecule has 0 spiro atoms. The summed E-state index contributed by atoms with van der Waals surface area (Å²) in [7, 11) is -7.14. The molecule has 1 heterocycles. The molecule has 0 fully saturated rings. The number of hydrogen-bond donors (Lipinski definition) is 1. The van der Waals surface area contributed by atoms with Crippen LogP contribution in [0.25, 0.3) is 6.08 Å². The third-order valence-electron chi connectivity index (χ3n) is 4.14. The number of nitrogens with one attached hydrogen (secondary N) is 1. The van der Waals surface area contributed by atoms with Crippen LogP contribution >= 0.6 is 0 Å². The van der Waals surface area contributed by atoms with Crippen LogP contribution in [0.15, 0.2) is 30.5 Å². The van der Waals surface area contributed by atoms with E-state index in [0.29, 0.717) is 0 Å². The van der Waals surface area contributed by atoms with E-state index in [0.717, 1.165) is 11.3 Å².